The Morgan fingerprint density at radius 2 is 2.25 bits per heavy atom. The van der Waals surface area contributed by atoms with Crippen LogP contribution in [0.5, 0.6) is 0 Å². The summed E-state index contributed by atoms with van der Waals surface area (Å²) >= 11 is 0. The van der Waals surface area contributed by atoms with Crippen LogP contribution < -0.4 is 5.32 Å². The molecule has 0 aromatic carbocycles. The van der Waals surface area contributed by atoms with Crippen molar-refractivity contribution in [1.82, 2.24) is 20.5 Å². The van der Waals surface area contributed by atoms with Crippen LogP contribution in [-0.2, 0) is 6.42 Å². The summed E-state index contributed by atoms with van der Waals surface area (Å²) in [5.41, 5.74) is -0.932. The molecule has 6 heteroatoms. The number of aryl methyl sites for hydroxylation is 1. The number of nitrogens with zero attached hydrogens (tertiary/aromatic N) is 2. The fourth-order valence-electron chi connectivity index (χ4n) is 1.12. The fourth-order valence-corrected chi connectivity index (χ4v) is 1.12. The van der Waals surface area contributed by atoms with Gasteiger partial charge in [-0.1, -0.05) is 6.92 Å². The molecule has 0 bridgehead atoms. The molecule has 0 aliphatic carbocycles. The molecule has 6 nitrogen and oxygen atoms in total. The number of hydrogen-bond acceptors (Lipinski definition) is 4. The second-order valence-electron chi connectivity index (χ2n) is 4.35. The molecule has 0 saturated carbocycles. The smallest absolute Gasteiger partial charge is 0.291 e. The van der Waals surface area contributed by atoms with Crippen LogP contribution in [0.3, 0.4) is 0 Å². The molecule has 90 valence electrons. The van der Waals surface area contributed by atoms with Gasteiger partial charge in [0.2, 0.25) is 5.82 Å². The molecule has 1 aromatic heterocycles. The van der Waals surface area contributed by atoms with Crippen LogP contribution in [-0.4, -0.2) is 38.3 Å². The molecule has 1 aromatic rings. The number of hydrogen-bond donors (Lipinski definition) is 3. The molecular formula is C10H18N4O2. The van der Waals surface area contributed by atoms with E-state index in [9.17, 15) is 9.90 Å². The molecule has 0 aliphatic heterocycles. The fraction of sp³-hybridized carbons (Fsp3) is 0.700. The van der Waals surface area contributed by atoms with Crippen LogP contribution in [0, 0.1) is 0 Å². The molecule has 1 heterocycles. The van der Waals surface area contributed by atoms with E-state index in [-0.39, 0.29) is 18.3 Å². The van der Waals surface area contributed by atoms with Crippen molar-refractivity contribution in [1.29, 1.82) is 0 Å². The average molecular weight is 226 g/mol. The van der Waals surface area contributed by atoms with E-state index < -0.39 is 5.60 Å². The van der Waals surface area contributed by atoms with Crippen LogP contribution in [0.2, 0.25) is 0 Å². The highest BCUT2D eigenvalue weighted by atomic mass is 16.3. The zero-order chi connectivity index (χ0) is 12.2. The topological polar surface area (TPSA) is 90.9 Å². The van der Waals surface area contributed by atoms with Crippen LogP contribution >= 0.6 is 0 Å². The summed E-state index contributed by atoms with van der Waals surface area (Å²) in [6, 6.07) is 0. The standard InChI is InChI=1S/C10H18N4O2/c1-4-5-7-12-8(14-13-7)9(15)11-6-10(2,3)16/h16H,4-6H2,1-3H3,(H,11,15)(H,12,13,14). The number of aliphatic hydroxyl groups is 1. The van der Waals surface area contributed by atoms with E-state index in [0.717, 1.165) is 12.8 Å². The Morgan fingerprint density at radius 3 is 2.81 bits per heavy atom. The van der Waals surface area contributed by atoms with Gasteiger partial charge in [0.1, 0.15) is 5.82 Å². The van der Waals surface area contributed by atoms with E-state index in [1.54, 1.807) is 13.8 Å². The average Bonchev–Trinajstić information content (AvgIpc) is 2.62. The number of rotatable bonds is 5. The lowest BCUT2D eigenvalue weighted by molar-refractivity contribution is 0.0689. The van der Waals surface area contributed by atoms with E-state index in [4.69, 9.17) is 0 Å². The minimum Gasteiger partial charge on any atom is -0.389 e. The number of amides is 1. The van der Waals surface area contributed by atoms with Gasteiger partial charge in [-0.05, 0) is 20.3 Å². The number of H-pyrrole nitrogens is 1. The summed E-state index contributed by atoms with van der Waals surface area (Å²) in [5, 5.41) is 18.5. The lowest BCUT2D eigenvalue weighted by Gasteiger charge is -2.16. The largest absolute Gasteiger partial charge is 0.389 e. The van der Waals surface area contributed by atoms with Gasteiger partial charge in [0.25, 0.3) is 5.91 Å². The van der Waals surface area contributed by atoms with Gasteiger partial charge in [-0.25, -0.2) is 4.98 Å². The predicted molar refractivity (Wildman–Crippen MR) is 59.0 cm³/mol. The van der Waals surface area contributed by atoms with Gasteiger partial charge in [-0.3, -0.25) is 9.89 Å². The Balaban J connectivity index is 2.53. The summed E-state index contributed by atoms with van der Waals surface area (Å²) in [5.74, 6) is 0.448. The first-order valence-electron chi connectivity index (χ1n) is 5.34. The van der Waals surface area contributed by atoms with E-state index in [0.29, 0.717) is 5.82 Å². The first kappa shape index (κ1) is 12.6. The summed E-state index contributed by atoms with van der Waals surface area (Å²) in [6.45, 7) is 5.43. The normalized spacial score (nSPS) is 11.5. The first-order chi connectivity index (χ1) is 7.42. The number of nitrogens with one attached hydrogen (secondary N) is 2. The highest BCUT2D eigenvalue weighted by molar-refractivity contribution is 5.90. The highest BCUT2D eigenvalue weighted by Crippen LogP contribution is 1.99. The molecule has 0 unspecified atom stereocenters. The maximum absolute atomic E-state index is 11.5. The molecule has 0 saturated heterocycles. The van der Waals surface area contributed by atoms with Gasteiger partial charge in [-0.2, -0.15) is 0 Å². The summed E-state index contributed by atoms with van der Waals surface area (Å²) in [7, 11) is 0. The van der Waals surface area contributed by atoms with Crippen molar-refractivity contribution in [2.24, 2.45) is 0 Å². The molecular weight excluding hydrogens is 208 g/mol. The second kappa shape index (κ2) is 5.07. The Bertz CT molecular complexity index is 354. The Morgan fingerprint density at radius 1 is 1.56 bits per heavy atom. The van der Waals surface area contributed by atoms with Crippen LogP contribution in [0.15, 0.2) is 0 Å². The molecule has 0 atom stereocenters. The minimum absolute atomic E-state index is 0.118. The van der Waals surface area contributed by atoms with Gasteiger partial charge >= 0.3 is 0 Å². The third-order valence-corrected chi connectivity index (χ3v) is 1.90. The minimum atomic E-state index is -0.932. The monoisotopic (exact) mass is 226 g/mol. The molecule has 0 fully saturated rings. The van der Waals surface area contributed by atoms with Crippen LogP contribution in [0.4, 0.5) is 0 Å². The van der Waals surface area contributed by atoms with Crippen molar-refractivity contribution in [2.75, 3.05) is 6.54 Å². The highest BCUT2D eigenvalue weighted by Gasteiger charge is 2.17. The molecule has 0 spiro atoms. The Kier molecular flexibility index (Phi) is 4.00. The van der Waals surface area contributed by atoms with E-state index in [1.807, 2.05) is 6.92 Å². The maximum Gasteiger partial charge on any atom is 0.291 e. The van der Waals surface area contributed by atoms with Crippen molar-refractivity contribution in [2.45, 2.75) is 39.2 Å². The number of carbonyl (C=O) groups is 1. The third kappa shape index (κ3) is 3.98. The zero-order valence-electron chi connectivity index (χ0n) is 9.87. The van der Waals surface area contributed by atoms with Crippen LogP contribution in [0.25, 0.3) is 0 Å². The van der Waals surface area contributed by atoms with Crippen molar-refractivity contribution >= 4 is 5.91 Å². The van der Waals surface area contributed by atoms with Gasteiger partial charge in [0.15, 0.2) is 0 Å². The van der Waals surface area contributed by atoms with Crippen molar-refractivity contribution in [3.05, 3.63) is 11.6 Å². The molecule has 16 heavy (non-hydrogen) atoms. The summed E-state index contributed by atoms with van der Waals surface area (Å²) in [4.78, 5) is 15.6. The summed E-state index contributed by atoms with van der Waals surface area (Å²) < 4.78 is 0. The van der Waals surface area contributed by atoms with Crippen LogP contribution in [0.1, 0.15) is 43.6 Å². The quantitative estimate of drug-likeness (QED) is 0.671. The number of aromatic amines is 1. The number of carbonyl (C=O) groups excluding carboxylic acids is 1. The molecule has 0 radical (unpaired) electrons. The van der Waals surface area contributed by atoms with Crippen molar-refractivity contribution in [3.8, 4) is 0 Å². The predicted octanol–water partition coefficient (Wildman–Crippen LogP) is 0.258. The lowest BCUT2D eigenvalue weighted by atomic mass is 10.1. The molecule has 3 N–H and O–H groups in total. The molecule has 0 aliphatic rings. The zero-order valence-corrected chi connectivity index (χ0v) is 9.87. The second-order valence-corrected chi connectivity index (χ2v) is 4.35. The summed E-state index contributed by atoms with van der Waals surface area (Å²) in [6.07, 6.45) is 1.71. The van der Waals surface area contributed by atoms with E-state index in [1.165, 1.54) is 0 Å². The maximum atomic E-state index is 11.5. The lowest BCUT2D eigenvalue weighted by Crippen LogP contribution is -2.38. The first-order valence-corrected chi connectivity index (χ1v) is 5.34. The van der Waals surface area contributed by atoms with Gasteiger partial charge < -0.3 is 10.4 Å². The third-order valence-electron chi connectivity index (χ3n) is 1.90. The number of aromatic nitrogens is 3. The van der Waals surface area contributed by atoms with E-state index in [2.05, 4.69) is 20.5 Å². The van der Waals surface area contributed by atoms with Gasteiger partial charge in [0.05, 0.1) is 5.60 Å². The molecule has 1 amide bonds. The van der Waals surface area contributed by atoms with Crippen molar-refractivity contribution in [3.63, 3.8) is 0 Å². The Hall–Kier alpha value is -1.43. The SMILES string of the molecule is CCCc1nc(C(=O)NCC(C)(C)O)n[nH]1. The van der Waals surface area contributed by atoms with E-state index >= 15 is 0 Å². The Labute approximate surface area is 94.5 Å². The molecule has 1 rings (SSSR count). The van der Waals surface area contributed by atoms with Gasteiger partial charge in [-0.15, -0.1) is 5.10 Å². The van der Waals surface area contributed by atoms with Gasteiger partial charge in [0, 0.05) is 13.0 Å². The van der Waals surface area contributed by atoms with Crippen molar-refractivity contribution < 1.29 is 9.90 Å².